The van der Waals surface area contributed by atoms with Crippen LogP contribution in [0.3, 0.4) is 0 Å². The molecule has 14 heavy (non-hydrogen) atoms. The maximum Gasteiger partial charge on any atom is 0.328 e. The van der Waals surface area contributed by atoms with Gasteiger partial charge in [-0.15, -0.1) is 0 Å². The zero-order valence-electron chi connectivity index (χ0n) is 6.97. The van der Waals surface area contributed by atoms with Crippen LogP contribution in [0.2, 0.25) is 0 Å². The molecular formula is C7H7Br3N2O2. The molecule has 1 N–H and O–H groups in total. The van der Waals surface area contributed by atoms with E-state index in [1.807, 2.05) is 0 Å². The molecular weight excluding hydrogens is 384 g/mol. The number of alkyl halides is 2. The molecule has 78 valence electrons. The lowest BCUT2D eigenvalue weighted by molar-refractivity contribution is 0.649. The third-order valence-electron chi connectivity index (χ3n) is 1.53. The van der Waals surface area contributed by atoms with Crippen LogP contribution in [-0.4, -0.2) is 19.7 Å². The molecule has 0 spiro atoms. The Morgan fingerprint density at radius 1 is 1.50 bits per heavy atom. The highest BCUT2D eigenvalue weighted by molar-refractivity contribution is 9.12. The van der Waals surface area contributed by atoms with Gasteiger partial charge in [-0.25, -0.2) is 4.79 Å². The van der Waals surface area contributed by atoms with E-state index >= 15 is 0 Å². The van der Waals surface area contributed by atoms with E-state index in [1.165, 1.54) is 10.8 Å². The fourth-order valence-corrected chi connectivity index (χ4v) is 1.74. The average Bonchev–Trinajstić information content (AvgIpc) is 2.14. The van der Waals surface area contributed by atoms with Gasteiger partial charge in [-0.3, -0.25) is 14.3 Å². The summed E-state index contributed by atoms with van der Waals surface area (Å²) in [5.41, 5.74) is -0.806. The Kier molecular flexibility index (Phi) is 4.59. The van der Waals surface area contributed by atoms with E-state index in [-0.39, 0.29) is 4.83 Å². The molecule has 4 nitrogen and oxygen atoms in total. The number of aromatic nitrogens is 2. The largest absolute Gasteiger partial charge is 0.328 e. The second-order valence-electron chi connectivity index (χ2n) is 2.64. The molecule has 7 heteroatoms. The van der Waals surface area contributed by atoms with Crippen molar-refractivity contribution in [2.24, 2.45) is 0 Å². The van der Waals surface area contributed by atoms with Gasteiger partial charge in [-0.05, 0) is 15.9 Å². The minimum absolute atomic E-state index is 0.151. The number of hydrogen-bond donors (Lipinski definition) is 1. The van der Waals surface area contributed by atoms with Crippen molar-refractivity contribution in [2.75, 3.05) is 5.33 Å². The van der Waals surface area contributed by atoms with Crippen molar-refractivity contribution in [1.29, 1.82) is 0 Å². The standard InChI is InChI=1S/C7H7Br3N2O2/c8-1-4(9)2-12-3-5(10)6(13)11-7(12)14/h3-4H,1-2H2,(H,11,13,14). The summed E-state index contributed by atoms with van der Waals surface area (Å²) >= 11 is 9.72. The Hall–Kier alpha value is 0.120. The van der Waals surface area contributed by atoms with Gasteiger partial charge in [0.15, 0.2) is 0 Å². The van der Waals surface area contributed by atoms with E-state index in [0.29, 0.717) is 11.0 Å². The highest BCUT2D eigenvalue weighted by Crippen LogP contribution is 2.06. The van der Waals surface area contributed by atoms with Crippen molar-refractivity contribution in [3.8, 4) is 0 Å². The Morgan fingerprint density at radius 2 is 2.14 bits per heavy atom. The quantitative estimate of drug-likeness (QED) is 0.794. The molecule has 1 aromatic heterocycles. The van der Waals surface area contributed by atoms with Gasteiger partial charge in [-0.2, -0.15) is 0 Å². The zero-order chi connectivity index (χ0) is 10.7. The lowest BCUT2D eigenvalue weighted by Gasteiger charge is -2.08. The maximum absolute atomic E-state index is 11.3. The highest BCUT2D eigenvalue weighted by Gasteiger charge is 2.06. The molecule has 0 aliphatic rings. The van der Waals surface area contributed by atoms with Gasteiger partial charge in [0, 0.05) is 22.9 Å². The van der Waals surface area contributed by atoms with Crippen LogP contribution in [0.25, 0.3) is 0 Å². The molecule has 1 unspecified atom stereocenters. The summed E-state index contributed by atoms with van der Waals surface area (Å²) in [5.74, 6) is 0. The third-order valence-corrected chi connectivity index (χ3v) is 4.36. The molecule has 1 atom stereocenters. The monoisotopic (exact) mass is 388 g/mol. The molecule has 0 radical (unpaired) electrons. The molecule has 0 saturated carbocycles. The predicted octanol–water partition coefficient (Wildman–Crippen LogP) is 1.46. The topological polar surface area (TPSA) is 54.9 Å². The van der Waals surface area contributed by atoms with Crippen LogP contribution in [-0.2, 0) is 6.54 Å². The Bertz CT molecular complexity index is 426. The van der Waals surface area contributed by atoms with Gasteiger partial charge in [0.1, 0.15) is 0 Å². The van der Waals surface area contributed by atoms with Crippen LogP contribution < -0.4 is 11.2 Å². The second kappa shape index (κ2) is 5.27. The number of halogens is 3. The highest BCUT2D eigenvalue weighted by atomic mass is 79.9. The van der Waals surface area contributed by atoms with E-state index in [2.05, 4.69) is 52.8 Å². The number of nitrogens with zero attached hydrogens (tertiary/aromatic N) is 1. The first-order chi connectivity index (χ1) is 6.54. The summed E-state index contributed by atoms with van der Waals surface area (Å²) in [6.45, 7) is 0.499. The number of rotatable bonds is 3. The van der Waals surface area contributed by atoms with Crippen molar-refractivity contribution < 1.29 is 0 Å². The lowest BCUT2D eigenvalue weighted by atomic mass is 10.4. The Balaban J connectivity index is 3.04. The van der Waals surface area contributed by atoms with E-state index in [0.717, 1.165) is 5.33 Å². The molecule has 0 aliphatic carbocycles. The van der Waals surface area contributed by atoms with Gasteiger partial charge in [0.05, 0.1) is 4.47 Å². The predicted molar refractivity (Wildman–Crippen MR) is 65.5 cm³/mol. The summed E-state index contributed by atoms with van der Waals surface area (Å²) in [4.78, 5) is 24.7. The summed E-state index contributed by atoms with van der Waals surface area (Å²) in [6.07, 6.45) is 1.48. The number of nitrogens with one attached hydrogen (secondary N) is 1. The van der Waals surface area contributed by atoms with Crippen molar-refractivity contribution >= 4 is 47.8 Å². The molecule has 0 aromatic carbocycles. The maximum atomic E-state index is 11.3. The van der Waals surface area contributed by atoms with E-state index < -0.39 is 11.2 Å². The summed E-state index contributed by atoms with van der Waals surface area (Å²) < 4.78 is 1.79. The second-order valence-corrected chi connectivity index (χ2v) is 5.44. The molecule has 0 fully saturated rings. The van der Waals surface area contributed by atoms with Gasteiger partial charge in [-0.1, -0.05) is 31.9 Å². The molecule has 1 rings (SSSR count). The Labute approximate surface area is 105 Å². The minimum atomic E-state index is -0.406. The van der Waals surface area contributed by atoms with Crippen LogP contribution in [0.15, 0.2) is 20.3 Å². The number of H-pyrrole nitrogens is 1. The van der Waals surface area contributed by atoms with E-state index in [9.17, 15) is 9.59 Å². The molecule has 0 aliphatic heterocycles. The van der Waals surface area contributed by atoms with Gasteiger partial charge in [0.25, 0.3) is 5.56 Å². The summed E-state index contributed by atoms with van der Waals surface area (Å²) in [7, 11) is 0. The van der Waals surface area contributed by atoms with Crippen molar-refractivity contribution in [1.82, 2.24) is 9.55 Å². The zero-order valence-corrected chi connectivity index (χ0v) is 11.7. The summed E-state index contributed by atoms with van der Waals surface area (Å²) in [5, 5.41) is 0.732. The van der Waals surface area contributed by atoms with Gasteiger partial charge in [0.2, 0.25) is 0 Å². The molecule has 0 amide bonds. The number of hydrogen-bond acceptors (Lipinski definition) is 2. The Morgan fingerprint density at radius 3 is 2.71 bits per heavy atom. The fraction of sp³-hybridized carbons (Fsp3) is 0.429. The average molecular weight is 391 g/mol. The minimum Gasteiger partial charge on any atom is -0.298 e. The fourth-order valence-electron chi connectivity index (χ4n) is 0.881. The lowest BCUT2D eigenvalue weighted by Crippen LogP contribution is -2.32. The molecule has 0 saturated heterocycles. The van der Waals surface area contributed by atoms with Crippen LogP contribution >= 0.6 is 47.8 Å². The normalized spacial score (nSPS) is 12.8. The van der Waals surface area contributed by atoms with Gasteiger partial charge >= 0.3 is 5.69 Å². The van der Waals surface area contributed by atoms with Crippen LogP contribution in [0.5, 0.6) is 0 Å². The molecule has 1 heterocycles. The molecule has 0 bridgehead atoms. The van der Waals surface area contributed by atoms with Crippen LogP contribution in [0, 0.1) is 0 Å². The first-order valence-corrected chi connectivity index (χ1v) is 6.57. The SMILES string of the molecule is O=c1[nH]c(=O)n(CC(Br)CBr)cc1Br. The first-order valence-electron chi connectivity index (χ1n) is 3.74. The third kappa shape index (κ3) is 3.06. The van der Waals surface area contributed by atoms with Crippen molar-refractivity contribution in [2.45, 2.75) is 11.4 Å². The number of aromatic amines is 1. The smallest absolute Gasteiger partial charge is 0.298 e. The van der Waals surface area contributed by atoms with E-state index in [1.54, 1.807) is 0 Å². The van der Waals surface area contributed by atoms with E-state index in [4.69, 9.17) is 0 Å². The summed E-state index contributed by atoms with van der Waals surface area (Å²) in [6, 6.07) is 0. The van der Waals surface area contributed by atoms with Crippen LogP contribution in [0.4, 0.5) is 0 Å². The van der Waals surface area contributed by atoms with Crippen molar-refractivity contribution in [3.63, 3.8) is 0 Å². The molecule has 1 aromatic rings. The first kappa shape index (κ1) is 12.2. The van der Waals surface area contributed by atoms with Gasteiger partial charge < -0.3 is 0 Å². The van der Waals surface area contributed by atoms with Crippen LogP contribution in [0.1, 0.15) is 0 Å². The van der Waals surface area contributed by atoms with Crippen molar-refractivity contribution in [3.05, 3.63) is 31.5 Å².